The zero-order valence-corrected chi connectivity index (χ0v) is 15.5. The molecule has 0 amide bonds. The molecule has 2 aromatic carbocycles. The van der Waals surface area contributed by atoms with Gasteiger partial charge in [0.05, 0.1) is 0 Å². The Bertz CT molecular complexity index is 762. The van der Waals surface area contributed by atoms with Gasteiger partial charge >= 0.3 is 141 Å². The van der Waals surface area contributed by atoms with Crippen molar-refractivity contribution in [3.63, 3.8) is 0 Å². The van der Waals surface area contributed by atoms with Crippen molar-refractivity contribution in [2.45, 2.75) is 21.1 Å². The minimum absolute atomic E-state index is 0. The summed E-state index contributed by atoms with van der Waals surface area (Å²) < 4.78 is 3.08. The molecule has 2 aromatic rings. The molecule has 109 valence electrons. The average Bonchev–Trinajstić information content (AvgIpc) is 3.13. The number of hydrogen-bond acceptors (Lipinski definition) is 0. The predicted octanol–water partition coefficient (Wildman–Crippen LogP) is 5.47. The fourth-order valence-corrected chi connectivity index (χ4v) is 12.3. The van der Waals surface area contributed by atoms with Gasteiger partial charge < -0.3 is 1.43 Å². The van der Waals surface area contributed by atoms with Crippen molar-refractivity contribution in [2.75, 3.05) is 0 Å². The summed E-state index contributed by atoms with van der Waals surface area (Å²) in [6, 6.07) is 17.9. The Hall–Kier alpha value is -1.33. The van der Waals surface area contributed by atoms with Gasteiger partial charge in [-0.2, -0.15) is 0 Å². The van der Waals surface area contributed by atoms with Crippen LogP contribution >= 0.6 is 0 Å². The second-order valence-electron chi connectivity index (χ2n) is 6.39. The van der Waals surface area contributed by atoms with Gasteiger partial charge in [-0.3, -0.25) is 0 Å². The summed E-state index contributed by atoms with van der Waals surface area (Å²) in [7, 11) is 0. The predicted molar refractivity (Wildman–Crippen MR) is 93.9 cm³/mol. The maximum absolute atomic E-state index is 2.49. The van der Waals surface area contributed by atoms with E-state index < -0.39 is 21.3 Å². The van der Waals surface area contributed by atoms with E-state index in [0.29, 0.717) is 7.25 Å². The van der Waals surface area contributed by atoms with E-state index in [1.165, 1.54) is 11.1 Å². The standard InChI is InChI=1S/2C9H7.C3H6.Zr.H/c2*1-2-5-9-7-3-6-8(9)4-1;1-3-2;;/h2*1-7H;1-2H3;;/q;;;+1;-1. The summed E-state index contributed by atoms with van der Waals surface area (Å²) in [5.41, 5.74) is 6.00. The van der Waals surface area contributed by atoms with Crippen molar-refractivity contribution in [3.05, 3.63) is 82.9 Å². The van der Waals surface area contributed by atoms with Crippen LogP contribution in [0.1, 0.15) is 44.8 Å². The van der Waals surface area contributed by atoms with Crippen LogP contribution in [0.15, 0.2) is 60.7 Å². The van der Waals surface area contributed by atoms with E-state index >= 15 is 0 Å². The SMILES string of the molecule is C[C](C)=[Zr+]([CH]1C=Cc2ccccc21)[CH]1C=Cc2ccccc21.[H-]. The molecular weight excluding hydrogens is 343 g/mol. The molecule has 0 heterocycles. The van der Waals surface area contributed by atoms with Crippen LogP contribution in [0, 0.1) is 0 Å². The van der Waals surface area contributed by atoms with E-state index in [1.54, 1.807) is 14.3 Å². The molecule has 0 nitrogen and oxygen atoms in total. The Morgan fingerprint density at radius 3 is 1.68 bits per heavy atom. The molecule has 0 bridgehead atoms. The summed E-state index contributed by atoms with van der Waals surface area (Å²) in [4.78, 5) is 0. The third-order valence-electron chi connectivity index (χ3n) is 4.85. The zero-order chi connectivity index (χ0) is 15.1. The number of hydrogen-bond donors (Lipinski definition) is 0. The minimum Gasteiger partial charge on any atom is -1.00 e. The molecule has 0 radical (unpaired) electrons. The Kier molecular flexibility index (Phi) is 3.70. The van der Waals surface area contributed by atoms with Crippen LogP contribution in [0.25, 0.3) is 12.2 Å². The van der Waals surface area contributed by atoms with Crippen molar-refractivity contribution < 1.29 is 22.7 Å². The molecule has 0 fully saturated rings. The zero-order valence-electron chi connectivity index (χ0n) is 14.1. The van der Waals surface area contributed by atoms with Gasteiger partial charge in [0.2, 0.25) is 0 Å². The minimum atomic E-state index is -1.84. The maximum atomic E-state index is 2.49. The fourth-order valence-electron chi connectivity index (χ4n) is 3.86. The molecule has 0 N–H and O–H groups in total. The van der Waals surface area contributed by atoms with E-state index in [2.05, 4.69) is 86.7 Å². The van der Waals surface area contributed by atoms with E-state index in [1.807, 2.05) is 0 Å². The molecule has 0 aromatic heterocycles. The Morgan fingerprint density at radius 2 is 1.23 bits per heavy atom. The van der Waals surface area contributed by atoms with Gasteiger partial charge in [-0.1, -0.05) is 0 Å². The number of benzene rings is 2. The number of fused-ring (bicyclic) bond motifs is 2. The number of allylic oxidation sites excluding steroid dienone is 2. The first-order chi connectivity index (χ1) is 10.8. The topological polar surface area (TPSA) is 0 Å². The Labute approximate surface area is 141 Å². The van der Waals surface area contributed by atoms with Gasteiger partial charge in [0, 0.05) is 0 Å². The molecule has 2 aliphatic carbocycles. The molecule has 0 saturated carbocycles. The molecule has 0 aliphatic heterocycles. The summed E-state index contributed by atoms with van der Waals surface area (Å²) in [5.74, 6) is 0. The van der Waals surface area contributed by atoms with Gasteiger partial charge in [0.1, 0.15) is 0 Å². The van der Waals surface area contributed by atoms with E-state index in [9.17, 15) is 0 Å². The molecular formula is C21H21Zr. The monoisotopic (exact) mass is 363 g/mol. The van der Waals surface area contributed by atoms with Gasteiger partial charge in [-0.15, -0.1) is 0 Å². The first kappa shape index (κ1) is 14.3. The molecule has 1 heteroatoms. The Balaban J connectivity index is 0.00000156. The van der Waals surface area contributed by atoms with Crippen LogP contribution in [-0.2, 0) is 21.3 Å². The van der Waals surface area contributed by atoms with Crippen molar-refractivity contribution in [2.24, 2.45) is 0 Å². The third-order valence-corrected chi connectivity index (χ3v) is 13.5. The van der Waals surface area contributed by atoms with Crippen LogP contribution in [0.3, 0.4) is 0 Å². The quantitative estimate of drug-likeness (QED) is 0.663. The molecule has 2 atom stereocenters. The molecule has 22 heavy (non-hydrogen) atoms. The van der Waals surface area contributed by atoms with Crippen molar-refractivity contribution in [1.82, 2.24) is 0 Å². The summed E-state index contributed by atoms with van der Waals surface area (Å²) in [6.07, 6.45) is 9.66. The van der Waals surface area contributed by atoms with Gasteiger partial charge in [-0.25, -0.2) is 0 Å². The second-order valence-corrected chi connectivity index (χ2v) is 14.1. The molecule has 2 unspecified atom stereocenters. The summed E-state index contributed by atoms with van der Waals surface area (Å²) >= 11 is -1.84. The van der Waals surface area contributed by atoms with Crippen LogP contribution < -0.4 is 0 Å². The van der Waals surface area contributed by atoms with E-state index in [4.69, 9.17) is 0 Å². The first-order valence-corrected chi connectivity index (χ1v) is 12.0. The summed E-state index contributed by atoms with van der Waals surface area (Å²) in [6.45, 7) is 4.75. The van der Waals surface area contributed by atoms with Crippen LogP contribution in [0.5, 0.6) is 0 Å². The van der Waals surface area contributed by atoms with Crippen LogP contribution in [-0.4, -0.2) is 3.21 Å². The first-order valence-electron chi connectivity index (χ1n) is 7.97. The fraction of sp³-hybridized carbons (Fsp3) is 0.190. The van der Waals surface area contributed by atoms with Crippen LogP contribution in [0.2, 0.25) is 0 Å². The van der Waals surface area contributed by atoms with Crippen molar-refractivity contribution in [1.29, 1.82) is 0 Å². The largest absolute Gasteiger partial charge is 1.00 e. The Morgan fingerprint density at radius 1 is 0.773 bits per heavy atom. The smallest absolute Gasteiger partial charge is 1.00 e. The van der Waals surface area contributed by atoms with Crippen LogP contribution in [0.4, 0.5) is 0 Å². The maximum Gasteiger partial charge on any atom is -1.00 e. The normalized spacial score (nSPS) is 20.8. The van der Waals surface area contributed by atoms with Crippen molar-refractivity contribution in [3.8, 4) is 0 Å². The van der Waals surface area contributed by atoms with E-state index in [0.717, 1.165) is 0 Å². The van der Waals surface area contributed by atoms with Gasteiger partial charge in [0.15, 0.2) is 0 Å². The van der Waals surface area contributed by atoms with Gasteiger partial charge in [-0.05, 0) is 0 Å². The van der Waals surface area contributed by atoms with E-state index in [-0.39, 0.29) is 1.43 Å². The summed E-state index contributed by atoms with van der Waals surface area (Å²) in [5, 5.41) is 0. The molecule has 0 saturated heterocycles. The molecule has 2 aliphatic rings. The van der Waals surface area contributed by atoms with Crippen molar-refractivity contribution >= 4 is 15.4 Å². The average molecular weight is 365 g/mol. The second kappa shape index (κ2) is 5.71. The molecule has 0 spiro atoms. The molecule has 4 rings (SSSR count). The number of rotatable bonds is 2. The van der Waals surface area contributed by atoms with Gasteiger partial charge in [0.25, 0.3) is 0 Å². The third kappa shape index (κ3) is 2.27.